The number of hydrogen-bond acceptors (Lipinski definition) is 7. The molecule has 0 spiro atoms. The topological polar surface area (TPSA) is 118 Å². The number of benzene rings is 1. The number of hydrogen-bond donors (Lipinski definition) is 1. The number of azo groups is 1. The molecule has 0 bridgehead atoms. The fraction of sp³-hybridized carbons (Fsp3) is 0.0769. The van der Waals surface area contributed by atoms with Gasteiger partial charge in [-0.2, -0.15) is 20.0 Å². The molecule has 8 nitrogen and oxygen atoms in total. The van der Waals surface area contributed by atoms with Crippen LogP contribution in [0.15, 0.2) is 34.5 Å². The Hall–Kier alpha value is -3.05. The molecule has 0 fully saturated rings. The average molecular weight is 313 g/mol. The summed E-state index contributed by atoms with van der Waals surface area (Å²) in [5, 5.41) is 29.6. The van der Waals surface area contributed by atoms with Gasteiger partial charge in [0.15, 0.2) is 11.5 Å². The molecule has 0 atom stereocenters. The van der Waals surface area contributed by atoms with Gasteiger partial charge >= 0.3 is 0 Å². The van der Waals surface area contributed by atoms with E-state index in [0.29, 0.717) is 27.7 Å². The molecule has 0 aliphatic heterocycles. The zero-order chi connectivity index (χ0) is 15.7. The predicted octanol–water partition coefficient (Wildman–Crippen LogP) is 2.96. The molecule has 0 saturated heterocycles. The first-order valence-electron chi connectivity index (χ1n) is 6.19. The number of nitrogens with two attached hydrogens (primary N) is 1. The van der Waals surface area contributed by atoms with Crippen molar-refractivity contribution in [2.75, 3.05) is 5.73 Å². The molecule has 0 aliphatic rings. The monoisotopic (exact) mass is 312 g/mol. The summed E-state index contributed by atoms with van der Waals surface area (Å²) in [5.41, 5.74) is 7.77. The van der Waals surface area contributed by atoms with Gasteiger partial charge in [-0.15, -0.1) is 15.3 Å². The van der Waals surface area contributed by atoms with E-state index in [0.717, 1.165) is 0 Å². The van der Waals surface area contributed by atoms with Crippen LogP contribution in [0.4, 0.5) is 17.2 Å². The minimum atomic E-state index is 0.00771. The maximum absolute atomic E-state index is 8.90. The van der Waals surface area contributed by atoms with Gasteiger partial charge in [0.1, 0.15) is 6.07 Å². The van der Waals surface area contributed by atoms with Crippen LogP contribution in [0.1, 0.15) is 11.4 Å². The van der Waals surface area contributed by atoms with Crippen molar-refractivity contribution in [3.8, 4) is 6.07 Å². The van der Waals surface area contributed by atoms with Crippen molar-refractivity contribution in [3.63, 3.8) is 0 Å². The summed E-state index contributed by atoms with van der Waals surface area (Å²) in [6.07, 6.45) is 0. The molecule has 0 unspecified atom stereocenters. The number of aryl methyl sites for hydroxylation is 1. The summed E-state index contributed by atoms with van der Waals surface area (Å²) >= 11 is 5.90. The Labute approximate surface area is 129 Å². The Balaban J connectivity index is 2.10. The van der Waals surface area contributed by atoms with E-state index in [1.54, 1.807) is 31.2 Å². The molecule has 0 saturated carbocycles. The predicted molar refractivity (Wildman–Crippen MR) is 80.3 cm³/mol. The zero-order valence-corrected chi connectivity index (χ0v) is 12.2. The van der Waals surface area contributed by atoms with Crippen molar-refractivity contribution in [2.24, 2.45) is 10.2 Å². The quantitative estimate of drug-likeness (QED) is 0.730. The lowest BCUT2D eigenvalue weighted by molar-refractivity contribution is 0.879. The molecule has 0 aliphatic carbocycles. The molecule has 0 radical (unpaired) electrons. The van der Waals surface area contributed by atoms with E-state index in [1.807, 2.05) is 6.07 Å². The molecule has 3 rings (SSSR count). The van der Waals surface area contributed by atoms with Crippen LogP contribution in [0, 0.1) is 18.3 Å². The second-order valence-corrected chi connectivity index (χ2v) is 4.83. The summed E-state index contributed by atoms with van der Waals surface area (Å²) in [5.74, 6) is 0.111. The minimum absolute atomic E-state index is 0.00771. The van der Waals surface area contributed by atoms with Crippen molar-refractivity contribution >= 4 is 34.4 Å². The second-order valence-electron chi connectivity index (χ2n) is 4.39. The van der Waals surface area contributed by atoms with Crippen molar-refractivity contribution in [2.45, 2.75) is 6.92 Å². The van der Waals surface area contributed by atoms with E-state index in [9.17, 15) is 0 Å². The molecular formula is C13H9ClN8. The summed E-state index contributed by atoms with van der Waals surface area (Å²) < 4.78 is 1.33. The van der Waals surface area contributed by atoms with Gasteiger partial charge < -0.3 is 5.73 Å². The maximum atomic E-state index is 8.90. The van der Waals surface area contributed by atoms with Gasteiger partial charge in [0.05, 0.1) is 11.4 Å². The number of fused-ring (bicyclic) bond motifs is 1. The number of nitrogens with zero attached hydrogens (tertiary/aromatic N) is 7. The molecule has 2 aromatic heterocycles. The highest BCUT2D eigenvalue weighted by atomic mass is 35.5. The highest BCUT2D eigenvalue weighted by Gasteiger charge is 2.15. The molecule has 3 aromatic rings. The standard InChI is InChI=1S/C13H9ClN8/c1-7-11(19-17-9-4-2-3-8(14)5-9)13-20-18-10(6-15)12(16)22(13)21-7/h2-5H,16H2,1H3. The Morgan fingerprint density at radius 2 is 2.14 bits per heavy atom. The number of rotatable bonds is 2. The first-order valence-corrected chi connectivity index (χ1v) is 6.57. The van der Waals surface area contributed by atoms with E-state index in [1.165, 1.54) is 4.52 Å². The molecule has 0 amide bonds. The lowest BCUT2D eigenvalue weighted by Gasteiger charge is -1.98. The SMILES string of the molecule is Cc1nn2c(N)c(C#N)nnc2c1N=Nc1cccc(Cl)c1. The van der Waals surface area contributed by atoms with E-state index in [2.05, 4.69) is 25.5 Å². The summed E-state index contributed by atoms with van der Waals surface area (Å²) in [7, 11) is 0. The number of nitriles is 1. The normalized spacial score (nSPS) is 11.1. The number of halogens is 1. The molecule has 108 valence electrons. The molecule has 9 heteroatoms. The van der Waals surface area contributed by atoms with Gasteiger partial charge in [0.25, 0.3) is 0 Å². The van der Waals surface area contributed by atoms with Crippen LogP contribution in [-0.4, -0.2) is 19.8 Å². The van der Waals surface area contributed by atoms with Gasteiger partial charge in [-0.1, -0.05) is 17.7 Å². The zero-order valence-electron chi connectivity index (χ0n) is 11.4. The summed E-state index contributed by atoms with van der Waals surface area (Å²) in [4.78, 5) is 0. The fourth-order valence-corrected chi connectivity index (χ4v) is 2.04. The van der Waals surface area contributed by atoms with Crippen LogP contribution >= 0.6 is 11.6 Å². The van der Waals surface area contributed by atoms with Crippen LogP contribution in [-0.2, 0) is 0 Å². The summed E-state index contributed by atoms with van der Waals surface area (Å²) in [6.45, 7) is 1.74. The van der Waals surface area contributed by atoms with E-state index < -0.39 is 0 Å². The van der Waals surface area contributed by atoms with Crippen LogP contribution in [0.3, 0.4) is 0 Å². The Morgan fingerprint density at radius 3 is 2.86 bits per heavy atom. The molecule has 22 heavy (non-hydrogen) atoms. The fourth-order valence-electron chi connectivity index (χ4n) is 1.86. The van der Waals surface area contributed by atoms with Gasteiger partial charge in [-0.05, 0) is 25.1 Å². The minimum Gasteiger partial charge on any atom is -0.381 e. The number of nitrogen functional groups attached to an aromatic ring is 1. The van der Waals surface area contributed by atoms with Crippen LogP contribution in [0.2, 0.25) is 5.02 Å². The van der Waals surface area contributed by atoms with E-state index in [4.69, 9.17) is 22.6 Å². The van der Waals surface area contributed by atoms with E-state index in [-0.39, 0.29) is 11.5 Å². The Kier molecular flexibility index (Phi) is 3.40. The van der Waals surface area contributed by atoms with Crippen molar-refractivity contribution < 1.29 is 0 Å². The molecule has 2 heterocycles. The second kappa shape index (κ2) is 5.38. The molecular weight excluding hydrogens is 304 g/mol. The number of anilines is 1. The highest BCUT2D eigenvalue weighted by molar-refractivity contribution is 6.30. The lowest BCUT2D eigenvalue weighted by atomic mass is 10.3. The highest BCUT2D eigenvalue weighted by Crippen LogP contribution is 2.27. The third-order valence-corrected chi connectivity index (χ3v) is 3.14. The van der Waals surface area contributed by atoms with Gasteiger partial charge in [-0.25, -0.2) is 0 Å². The van der Waals surface area contributed by atoms with Crippen molar-refractivity contribution in [1.29, 1.82) is 5.26 Å². The van der Waals surface area contributed by atoms with E-state index >= 15 is 0 Å². The first kappa shape index (κ1) is 13.9. The average Bonchev–Trinajstić information content (AvgIpc) is 2.82. The lowest BCUT2D eigenvalue weighted by Crippen LogP contribution is -2.05. The van der Waals surface area contributed by atoms with Crippen LogP contribution in [0.25, 0.3) is 5.65 Å². The third-order valence-electron chi connectivity index (χ3n) is 2.90. The van der Waals surface area contributed by atoms with Gasteiger partial charge in [0.2, 0.25) is 11.3 Å². The summed E-state index contributed by atoms with van der Waals surface area (Å²) in [6, 6.07) is 8.82. The Bertz CT molecular complexity index is 937. The number of aromatic nitrogens is 4. The van der Waals surface area contributed by atoms with Gasteiger partial charge in [-0.3, -0.25) is 0 Å². The first-order chi connectivity index (χ1) is 10.6. The largest absolute Gasteiger partial charge is 0.381 e. The van der Waals surface area contributed by atoms with Gasteiger partial charge in [0, 0.05) is 5.02 Å². The van der Waals surface area contributed by atoms with Crippen molar-refractivity contribution in [3.05, 3.63) is 40.7 Å². The molecule has 1 aromatic carbocycles. The van der Waals surface area contributed by atoms with Crippen molar-refractivity contribution in [1.82, 2.24) is 19.8 Å². The smallest absolute Gasteiger partial charge is 0.207 e. The Morgan fingerprint density at radius 1 is 1.32 bits per heavy atom. The maximum Gasteiger partial charge on any atom is 0.207 e. The van der Waals surface area contributed by atoms with Crippen LogP contribution < -0.4 is 5.73 Å². The molecule has 2 N–H and O–H groups in total. The van der Waals surface area contributed by atoms with Crippen LogP contribution in [0.5, 0.6) is 0 Å². The third kappa shape index (κ3) is 2.34.